The lowest BCUT2D eigenvalue weighted by atomic mass is 9.79. The van der Waals surface area contributed by atoms with E-state index in [0.29, 0.717) is 5.41 Å². The Kier molecular flexibility index (Phi) is 5.04. The van der Waals surface area contributed by atoms with E-state index in [4.69, 9.17) is 0 Å². The van der Waals surface area contributed by atoms with E-state index in [0.717, 1.165) is 18.5 Å². The average Bonchev–Trinajstić information content (AvgIpc) is 3.31. The molecule has 2 heteroatoms. The van der Waals surface area contributed by atoms with Crippen molar-refractivity contribution in [3.63, 3.8) is 0 Å². The molecule has 3 aliphatic rings. The first-order valence-corrected chi connectivity index (χ1v) is 9.26. The molecule has 0 saturated heterocycles. The Morgan fingerprint density at radius 3 is 2.25 bits per heavy atom. The third kappa shape index (κ3) is 4.21. The van der Waals surface area contributed by atoms with Crippen molar-refractivity contribution in [1.29, 1.82) is 0 Å². The highest BCUT2D eigenvalue weighted by atomic mass is 15.2. The van der Waals surface area contributed by atoms with Gasteiger partial charge in [-0.05, 0) is 56.4 Å². The molecule has 0 unspecified atom stereocenters. The van der Waals surface area contributed by atoms with Crippen LogP contribution in [0.2, 0.25) is 0 Å². The first-order chi connectivity index (χ1) is 9.81. The van der Waals surface area contributed by atoms with Gasteiger partial charge in [-0.1, -0.05) is 32.6 Å². The second-order valence-corrected chi connectivity index (χ2v) is 7.80. The van der Waals surface area contributed by atoms with Crippen molar-refractivity contribution < 1.29 is 0 Å². The molecule has 0 aliphatic heterocycles. The molecule has 0 atom stereocenters. The number of nitrogens with zero attached hydrogens (tertiary/aromatic N) is 1. The molecule has 20 heavy (non-hydrogen) atoms. The van der Waals surface area contributed by atoms with Crippen LogP contribution < -0.4 is 5.32 Å². The van der Waals surface area contributed by atoms with Crippen LogP contribution in [0.4, 0.5) is 0 Å². The molecule has 0 radical (unpaired) electrons. The summed E-state index contributed by atoms with van der Waals surface area (Å²) in [4.78, 5) is 2.90. The van der Waals surface area contributed by atoms with Gasteiger partial charge in [0.15, 0.2) is 0 Å². The lowest BCUT2D eigenvalue weighted by Crippen LogP contribution is -2.45. The highest BCUT2D eigenvalue weighted by molar-refractivity contribution is 4.94. The summed E-state index contributed by atoms with van der Waals surface area (Å²) in [5, 5.41) is 3.69. The second-order valence-electron chi connectivity index (χ2n) is 7.80. The van der Waals surface area contributed by atoms with Gasteiger partial charge in [-0.2, -0.15) is 0 Å². The van der Waals surface area contributed by atoms with E-state index in [-0.39, 0.29) is 0 Å². The van der Waals surface area contributed by atoms with Gasteiger partial charge in [0.2, 0.25) is 0 Å². The summed E-state index contributed by atoms with van der Waals surface area (Å²) in [7, 11) is 0. The van der Waals surface area contributed by atoms with Gasteiger partial charge >= 0.3 is 0 Å². The van der Waals surface area contributed by atoms with Gasteiger partial charge in [-0.25, -0.2) is 0 Å². The van der Waals surface area contributed by atoms with Gasteiger partial charge in [-0.15, -0.1) is 0 Å². The fourth-order valence-electron chi connectivity index (χ4n) is 4.10. The predicted molar refractivity (Wildman–Crippen MR) is 86.0 cm³/mol. The molecule has 0 heterocycles. The van der Waals surface area contributed by atoms with Crippen molar-refractivity contribution in [1.82, 2.24) is 10.2 Å². The van der Waals surface area contributed by atoms with Crippen LogP contribution in [0.25, 0.3) is 0 Å². The minimum Gasteiger partial charge on any atom is -0.316 e. The zero-order chi connectivity index (χ0) is 13.8. The van der Waals surface area contributed by atoms with Crippen molar-refractivity contribution in [3.8, 4) is 0 Å². The average molecular weight is 278 g/mol. The van der Waals surface area contributed by atoms with Crippen LogP contribution in [0, 0.1) is 11.3 Å². The molecule has 2 nitrogen and oxygen atoms in total. The first kappa shape index (κ1) is 14.8. The summed E-state index contributed by atoms with van der Waals surface area (Å²) < 4.78 is 0. The number of hydrogen-bond acceptors (Lipinski definition) is 2. The van der Waals surface area contributed by atoms with Crippen molar-refractivity contribution in [2.24, 2.45) is 11.3 Å². The summed E-state index contributed by atoms with van der Waals surface area (Å²) in [6.07, 6.45) is 14.8. The smallest absolute Gasteiger partial charge is 0.00967 e. The molecule has 3 aliphatic carbocycles. The second kappa shape index (κ2) is 6.79. The van der Waals surface area contributed by atoms with Gasteiger partial charge < -0.3 is 5.32 Å². The fourth-order valence-corrected chi connectivity index (χ4v) is 4.10. The van der Waals surface area contributed by atoms with Crippen LogP contribution in [-0.4, -0.2) is 37.1 Å². The first-order valence-electron chi connectivity index (χ1n) is 9.26. The zero-order valence-electron chi connectivity index (χ0n) is 13.5. The molecule has 0 aromatic carbocycles. The summed E-state index contributed by atoms with van der Waals surface area (Å²) in [5.41, 5.74) is 0.587. The molecule has 3 fully saturated rings. The van der Waals surface area contributed by atoms with Gasteiger partial charge in [-0.3, -0.25) is 4.90 Å². The Labute approximate surface area is 125 Å². The van der Waals surface area contributed by atoms with Crippen molar-refractivity contribution >= 4 is 0 Å². The van der Waals surface area contributed by atoms with Crippen LogP contribution in [0.15, 0.2) is 0 Å². The lowest BCUT2D eigenvalue weighted by Gasteiger charge is -2.39. The van der Waals surface area contributed by atoms with Crippen molar-refractivity contribution in [2.45, 2.75) is 77.2 Å². The van der Waals surface area contributed by atoms with Crippen LogP contribution in [0.1, 0.15) is 71.1 Å². The molecular weight excluding hydrogens is 244 g/mol. The Hall–Kier alpha value is -0.0800. The number of hydrogen-bond donors (Lipinski definition) is 1. The summed E-state index contributed by atoms with van der Waals surface area (Å²) in [6.45, 7) is 7.46. The highest BCUT2D eigenvalue weighted by Crippen LogP contribution is 2.40. The molecule has 1 N–H and O–H groups in total. The molecule has 0 spiro atoms. The van der Waals surface area contributed by atoms with Gasteiger partial charge in [0.05, 0.1) is 0 Å². The van der Waals surface area contributed by atoms with Crippen molar-refractivity contribution in [2.75, 3.05) is 26.2 Å². The Bertz CT molecular complexity index is 286. The number of rotatable bonds is 8. The number of nitrogens with one attached hydrogen (secondary N) is 1. The van der Waals surface area contributed by atoms with E-state index in [9.17, 15) is 0 Å². The third-order valence-electron chi connectivity index (χ3n) is 5.71. The van der Waals surface area contributed by atoms with Gasteiger partial charge in [0, 0.05) is 25.7 Å². The van der Waals surface area contributed by atoms with E-state index in [1.54, 1.807) is 0 Å². The zero-order valence-corrected chi connectivity index (χ0v) is 13.5. The SMILES string of the molecule is CCNCC1(CN(CC2CC2)C2CC2)CCCCCC1. The monoisotopic (exact) mass is 278 g/mol. The highest BCUT2D eigenvalue weighted by Gasteiger charge is 2.39. The molecule has 0 aromatic heterocycles. The maximum atomic E-state index is 3.69. The van der Waals surface area contributed by atoms with Crippen molar-refractivity contribution in [3.05, 3.63) is 0 Å². The predicted octanol–water partition coefficient (Wildman–Crippen LogP) is 3.81. The lowest BCUT2D eigenvalue weighted by molar-refractivity contribution is 0.117. The molecule has 0 bridgehead atoms. The van der Waals surface area contributed by atoms with Gasteiger partial charge in [0.25, 0.3) is 0 Å². The molecule has 0 aromatic rings. The van der Waals surface area contributed by atoms with E-state index in [1.165, 1.54) is 83.8 Å². The summed E-state index contributed by atoms with van der Waals surface area (Å²) in [6, 6.07) is 0.956. The van der Waals surface area contributed by atoms with Gasteiger partial charge in [0.1, 0.15) is 0 Å². The quantitative estimate of drug-likeness (QED) is 0.679. The Morgan fingerprint density at radius 2 is 1.70 bits per heavy atom. The minimum absolute atomic E-state index is 0.587. The molecule has 0 amide bonds. The van der Waals surface area contributed by atoms with Crippen LogP contribution in [0.3, 0.4) is 0 Å². The third-order valence-corrected chi connectivity index (χ3v) is 5.71. The molecule has 3 rings (SSSR count). The molecule has 116 valence electrons. The summed E-state index contributed by atoms with van der Waals surface area (Å²) >= 11 is 0. The van der Waals surface area contributed by atoms with E-state index >= 15 is 0 Å². The minimum atomic E-state index is 0.587. The standard InChI is InChI=1S/C18H34N2/c1-2-19-14-18(11-5-3-4-6-12-18)15-20(17-9-10-17)13-16-7-8-16/h16-17,19H,2-15H2,1H3. The molecule has 3 saturated carbocycles. The van der Waals surface area contributed by atoms with Crippen LogP contribution in [0.5, 0.6) is 0 Å². The van der Waals surface area contributed by atoms with Crippen LogP contribution >= 0.6 is 0 Å². The Balaban J connectivity index is 1.62. The van der Waals surface area contributed by atoms with E-state index in [2.05, 4.69) is 17.1 Å². The fraction of sp³-hybridized carbons (Fsp3) is 1.00. The maximum Gasteiger partial charge on any atom is 0.00967 e. The summed E-state index contributed by atoms with van der Waals surface area (Å²) in [5.74, 6) is 1.05. The van der Waals surface area contributed by atoms with Crippen LogP contribution in [-0.2, 0) is 0 Å². The molecular formula is C18H34N2. The Morgan fingerprint density at radius 1 is 1.00 bits per heavy atom. The normalized spacial score (nSPS) is 26.7. The van der Waals surface area contributed by atoms with E-state index in [1.807, 2.05) is 0 Å². The topological polar surface area (TPSA) is 15.3 Å². The largest absolute Gasteiger partial charge is 0.316 e. The van der Waals surface area contributed by atoms with E-state index < -0.39 is 0 Å². The maximum absolute atomic E-state index is 3.69.